The SMILES string of the molecule is NC(CCNc1ncc(Br)cn1)c1ccccc1. The van der Waals surface area contributed by atoms with E-state index in [0.717, 1.165) is 23.0 Å². The number of hydrogen-bond donors (Lipinski definition) is 2. The van der Waals surface area contributed by atoms with Gasteiger partial charge < -0.3 is 11.1 Å². The van der Waals surface area contributed by atoms with Crippen LogP contribution >= 0.6 is 15.9 Å². The van der Waals surface area contributed by atoms with E-state index in [9.17, 15) is 0 Å². The third-order valence-corrected chi connectivity index (χ3v) is 3.00. The van der Waals surface area contributed by atoms with Crippen molar-refractivity contribution >= 4 is 21.9 Å². The molecule has 2 aromatic rings. The zero-order valence-corrected chi connectivity index (χ0v) is 11.5. The highest BCUT2D eigenvalue weighted by Gasteiger charge is 2.04. The van der Waals surface area contributed by atoms with Crippen LogP contribution in [0.4, 0.5) is 5.95 Å². The molecule has 5 heteroatoms. The van der Waals surface area contributed by atoms with Crippen molar-refractivity contribution in [3.05, 3.63) is 52.8 Å². The average molecular weight is 307 g/mol. The number of nitrogens with two attached hydrogens (primary N) is 1. The summed E-state index contributed by atoms with van der Waals surface area (Å²) in [4.78, 5) is 8.28. The summed E-state index contributed by atoms with van der Waals surface area (Å²) in [6.07, 6.45) is 4.27. The molecule has 0 spiro atoms. The molecule has 1 heterocycles. The third-order valence-electron chi connectivity index (χ3n) is 2.59. The highest BCUT2D eigenvalue weighted by atomic mass is 79.9. The lowest BCUT2D eigenvalue weighted by Gasteiger charge is -2.12. The Morgan fingerprint density at radius 2 is 1.83 bits per heavy atom. The van der Waals surface area contributed by atoms with Gasteiger partial charge in [0.25, 0.3) is 0 Å². The van der Waals surface area contributed by atoms with Crippen molar-refractivity contribution < 1.29 is 0 Å². The molecule has 1 aromatic carbocycles. The number of hydrogen-bond acceptors (Lipinski definition) is 4. The number of nitrogens with zero attached hydrogens (tertiary/aromatic N) is 2. The highest BCUT2D eigenvalue weighted by Crippen LogP contribution is 2.13. The second kappa shape index (κ2) is 6.47. The van der Waals surface area contributed by atoms with Gasteiger partial charge in [0.15, 0.2) is 0 Å². The fourth-order valence-corrected chi connectivity index (χ4v) is 1.81. The molecule has 0 fully saturated rings. The van der Waals surface area contributed by atoms with Gasteiger partial charge in [0.1, 0.15) is 0 Å². The van der Waals surface area contributed by atoms with Gasteiger partial charge in [0.05, 0.1) is 4.47 Å². The summed E-state index contributed by atoms with van der Waals surface area (Å²) in [6.45, 7) is 0.748. The summed E-state index contributed by atoms with van der Waals surface area (Å²) < 4.78 is 0.869. The number of benzene rings is 1. The molecule has 1 unspecified atom stereocenters. The van der Waals surface area contributed by atoms with Gasteiger partial charge in [-0.05, 0) is 27.9 Å². The molecule has 94 valence electrons. The largest absolute Gasteiger partial charge is 0.354 e. The van der Waals surface area contributed by atoms with Crippen LogP contribution in [-0.4, -0.2) is 16.5 Å². The van der Waals surface area contributed by atoms with Gasteiger partial charge in [-0.3, -0.25) is 0 Å². The van der Waals surface area contributed by atoms with Crippen molar-refractivity contribution in [3.8, 4) is 0 Å². The van der Waals surface area contributed by atoms with Crippen molar-refractivity contribution in [2.45, 2.75) is 12.5 Å². The van der Waals surface area contributed by atoms with Crippen LogP contribution < -0.4 is 11.1 Å². The normalized spacial score (nSPS) is 12.1. The lowest BCUT2D eigenvalue weighted by Crippen LogP contribution is -2.16. The molecule has 1 aromatic heterocycles. The molecule has 0 saturated heterocycles. The zero-order valence-electron chi connectivity index (χ0n) is 9.88. The first-order chi connectivity index (χ1) is 8.75. The Kier molecular flexibility index (Phi) is 4.66. The highest BCUT2D eigenvalue weighted by molar-refractivity contribution is 9.10. The van der Waals surface area contributed by atoms with E-state index in [-0.39, 0.29) is 6.04 Å². The Bertz CT molecular complexity index is 472. The fraction of sp³-hybridized carbons (Fsp3) is 0.231. The molecule has 0 aliphatic carbocycles. The van der Waals surface area contributed by atoms with Gasteiger partial charge in [-0.25, -0.2) is 9.97 Å². The maximum atomic E-state index is 6.09. The third kappa shape index (κ3) is 3.78. The molecular weight excluding hydrogens is 292 g/mol. The topological polar surface area (TPSA) is 63.8 Å². The lowest BCUT2D eigenvalue weighted by molar-refractivity contribution is 0.673. The number of halogens is 1. The molecule has 4 nitrogen and oxygen atoms in total. The first kappa shape index (κ1) is 13.0. The van der Waals surface area contributed by atoms with Gasteiger partial charge in [0, 0.05) is 25.0 Å². The summed E-state index contributed by atoms with van der Waals surface area (Å²) in [5, 5.41) is 3.15. The van der Waals surface area contributed by atoms with Gasteiger partial charge in [-0.2, -0.15) is 0 Å². The standard InChI is InChI=1S/C13H15BrN4/c14-11-8-17-13(18-9-11)16-7-6-12(15)10-4-2-1-3-5-10/h1-5,8-9,12H,6-7,15H2,(H,16,17,18). The molecule has 0 aliphatic heterocycles. The van der Waals surface area contributed by atoms with E-state index in [1.807, 2.05) is 30.3 Å². The zero-order chi connectivity index (χ0) is 12.8. The maximum Gasteiger partial charge on any atom is 0.222 e. The van der Waals surface area contributed by atoms with E-state index in [0.29, 0.717) is 5.95 Å². The molecule has 0 aliphatic rings. The Hall–Kier alpha value is -1.46. The van der Waals surface area contributed by atoms with E-state index in [1.165, 1.54) is 0 Å². The van der Waals surface area contributed by atoms with Crippen LogP contribution in [0.25, 0.3) is 0 Å². The summed E-state index contributed by atoms with van der Waals surface area (Å²) in [7, 11) is 0. The minimum Gasteiger partial charge on any atom is -0.354 e. The van der Waals surface area contributed by atoms with Gasteiger partial charge in [0.2, 0.25) is 5.95 Å². The molecule has 3 N–H and O–H groups in total. The Labute approximate surface area is 115 Å². The molecule has 0 radical (unpaired) electrons. The van der Waals surface area contributed by atoms with Crippen molar-refractivity contribution in [2.24, 2.45) is 5.73 Å². The van der Waals surface area contributed by atoms with E-state index in [1.54, 1.807) is 12.4 Å². The Balaban J connectivity index is 1.80. The summed E-state index contributed by atoms with van der Waals surface area (Å²) in [6, 6.07) is 10.1. The first-order valence-electron chi connectivity index (χ1n) is 5.77. The van der Waals surface area contributed by atoms with E-state index < -0.39 is 0 Å². The maximum absolute atomic E-state index is 6.09. The summed E-state index contributed by atoms with van der Waals surface area (Å²) >= 11 is 3.29. The Morgan fingerprint density at radius 3 is 2.50 bits per heavy atom. The fourth-order valence-electron chi connectivity index (χ4n) is 1.61. The predicted molar refractivity (Wildman–Crippen MR) is 76.2 cm³/mol. The van der Waals surface area contributed by atoms with Crippen molar-refractivity contribution in [1.29, 1.82) is 0 Å². The first-order valence-corrected chi connectivity index (χ1v) is 6.57. The molecular formula is C13H15BrN4. The van der Waals surface area contributed by atoms with Crippen LogP contribution in [0, 0.1) is 0 Å². The van der Waals surface area contributed by atoms with Gasteiger partial charge >= 0.3 is 0 Å². The molecule has 0 amide bonds. The van der Waals surface area contributed by atoms with Gasteiger partial charge in [-0.15, -0.1) is 0 Å². The number of nitrogens with one attached hydrogen (secondary N) is 1. The van der Waals surface area contributed by atoms with Crippen LogP contribution in [0.1, 0.15) is 18.0 Å². The smallest absolute Gasteiger partial charge is 0.222 e. The number of rotatable bonds is 5. The van der Waals surface area contributed by atoms with Crippen molar-refractivity contribution in [3.63, 3.8) is 0 Å². The lowest BCUT2D eigenvalue weighted by atomic mass is 10.1. The summed E-state index contributed by atoms with van der Waals surface area (Å²) in [5.41, 5.74) is 7.24. The van der Waals surface area contributed by atoms with Crippen LogP contribution in [-0.2, 0) is 0 Å². The van der Waals surface area contributed by atoms with E-state index in [2.05, 4.69) is 31.2 Å². The van der Waals surface area contributed by atoms with E-state index >= 15 is 0 Å². The van der Waals surface area contributed by atoms with Gasteiger partial charge in [-0.1, -0.05) is 30.3 Å². The van der Waals surface area contributed by atoms with Crippen LogP contribution in [0.3, 0.4) is 0 Å². The van der Waals surface area contributed by atoms with Crippen molar-refractivity contribution in [1.82, 2.24) is 9.97 Å². The average Bonchev–Trinajstić information content (AvgIpc) is 2.42. The van der Waals surface area contributed by atoms with Crippen LogP contribution in [0.15, 0.2) is 47.2 Å². The van der Waals surface area contributed by atoms with Crippen molar-refractivity contribution in [2.75, 3.05) is 11.9 Å². The Morgan fingerprint density at radius 1 is 1.17 bits per heavy atom. The molecule has 1 atom stereocenters. The summed E-state index contributed by atoms with van der Waals surface area (Å²) in [5.74, 6) is 0.624. The molecule has 0 bridgehead atoms. The second-order valence-corrected chi connectivity index (χ2v) is 4.87. The minimum atomic E-state index is 0.0362. The molecule has 18 heavy (non-hydrogen) atoms. The number of anilines is 1. The van der Waals surface area contributed by atoms with Crippen LogP contribution in [0.5, 0.6) is 0 Å². The molecule has 0 saturated carbocycles. The predicted octanol–water partition coefficient (Wildman–Crippen LogP) is 2.74. The minimum absolute atomic E-state index is 0.0362. The van der Waals surface area contributed by atoms with Crippen LogP contribution in [0.2, 0.25) is 0 Å². The molecule has 2 rings (SSSR count). The van der Waals surface area contributed by atoms with E-state index in [4.69, 9.17) is 5.73 Å². The quantitative estimate of drug-likeness (QED) is 0.891. The monoisotopic (exact) mass is 306 g/mol. The number of aromatic nitrogens is 2. The second-order valence-electron chi connectivity index (χ2n) is 3.96.